The molecular formula is C23H28N4O4S. The summed E-state index contributed by atoms with van der Waals surface area (Å²) in [5, 5.41) is 2.81. The van der Waals surface area contributed by atoms with E-state index in [1.165, 1.54) is 7.11 Å². The number of hydrogen-bond donors (Lipinski definition) is 1. The molecule has 0 radical (unpaired) electrons. The number of aromatic nitrogens is 2. The highest BCUT2D eigenvalue weighted by atomic mass is 32.2. The Morgan fingerprint density at radius 2 is 1.84 bits per heavy atom. The number of imidazole rings is 1. The maximum absolute atomic E-state index is 13.5. The molecule has 0 aliphatic carbocycles. The second-order valence-corrected chi connectivity index (χ2v) is 9.37. The van der Waals surface area contributed by atoms with E-state index in [0.717, 1.165) is 15.4 Å². The lowest BCUT2D eigenvalue weighted by atomic mass is 10.2. The number of carbonyl (C=O) groups is 1. The minimum atomic E-state index is -4.00. The number of aryl methyl sites for hydroxylation is 3. The van der Waals surface area contributed by atoms with Crippen molar-refractivity contribution in [2.75, 3.05) is 24.5 Å². The molecule has 170 valence electrons. The van der Waals surface area contributed by atoms with Crippen LogP contribution in [0.5, 0.6) is 5.75 Å². The van der Waals surface area contributed by atoms with Crippen LogP contribution < -0.4 is 14.4 Å². The molecule has 0 spiro atoms. The zero-order valence-corrected chi connectivity index (χ0v) is 19.3. The number of anilines is 1. The minimum absolute atomic E-state index is 0.111. The smallest absolute Gasteiger partial charge is 0.264 e. The lowest BCUT2D eigenvalue weighted by molar-refractivity contribution is -0.119. The highest BCUT2D eigenvalue weighted by Crippen LogP contribution is 2.33. The summed E-state index contributed by atoms with van der Waals surface area (Å²) in [6.45, 7) is 4.50. The molecule has 1 amide bonds. The molecule has 0 bridgehead atoms. The summed E-state index contributed by atoms with van der Waals surface area (Å²) >= 11 is 0. The number of amides is 1. The first-order valence-electron chi connectivity index (χ1n) is 10.3. The van der Waals surface area contributed by atoms with Crippen molar-refractivity contribution in [2.45, 2.75) is 31.7 Å². The predicted molar refractivity (Wildman–Crippen MR) is 123 cm³/mol. The molecule has 1 N–H and O–H groups in total. The van der Waals surface area contributed by atoms with Gasteiger partial charge in [0.1, 0.15) is 12.3 Å². The van der Waals surface area contributed by atoms with Crippen molar-refractivity contribution in [3.8, 4) is 5.75 Å². The molecule has 0 fully saturated rings. The van der Waals surface area contributed by atoms with Crippen molar-refractivity contribution < 1.29 is 17.9 Å². The third-order valence-corrected chi connectivity index (χ3v) is 6.75. The largest absolute Gasteiger partial charge is 0.495 e. The Kier molecular flexibility index (Phi) is 7.53. The molecule has 3 rings (SSSR count). The summed E-state index contributed by atoms with van der Waals surface area (Å²) in [5.74, 6) is -0.0194. The number of hydrogen-bond acceptors (Lipinski definition) is 5. The van der Waals surface area contributed by atoms with Crippen molar-refractivity contribution in [1.82, 2.24) is 14.9 Å². The van der Waals surface area contributed by atoms with Gasteiger partial charge in [0.15, 0.2) is 0 Å². The van der Waals surface area contributed by atoms with Crippen LogP contribution in [-0.2, 0) is 21.4 Å². The number of nitrogens with one attached hydrogen (secondary N) is 1. The maximum Gasteiger partial charge on any atom is 0.264 e. The Hall–Kier alpha value is -3.33. The predicted octanol–water partition coefficient (Wildman–Crippen LogP) is 2.91. The lowest BCUT2D eigenvalue weighted by Gasteiger charge is -2.26. The molecule has 3 aromatic rings. The standard InChI is InChI=1S/C23H28N4O4S/c1-18-5-8-20(9-6-18)32(29,30)27(21-15-19(2)7-10-22(21)31-3)16-23(28)25-11-4-13-26-14-12-24-17-26/h5-10,12,14-15,17H,4,11,13,16H2,1-3H3,(H,25,28). The Morgan fingerprint density at radius 3 is 2.50 bits per heavy atom. The number of benzene rings is 2. The van der Waals surface area contributed by atoms with E-state index in [1.807, 2.05) is 30.7 Å². The van der Waals surface area contributed by atoms with Crippen LogP contribution in [0.4, 0.5) is 5.69 Å². The van der Waals surface area contributed by atoms with Gasteiger partial charge in [-0.05, 0) is 50.1 Å². The number of rotatable bonds is 10. The summed E-state index contributed by atoms with van der Waals surface area (Å²) < 4.78 is 35.5. The average Bonchev–Trinajstić information content (AvgIpc) is 3.29. The number of carbonyl (C=O) groups excluding carboxylic acids is 1. The molecule has 0 aliphatic rings. The highest BCUT2D eigenvalue weighted by molar-refractivity contribution is 7.92. The molecule has 0 atom stereocenters. The van der Waals surface area contributed by atoms with E-state index in [1.54, 1.807) is 48.9 Å². The van der Waals surface area contributed by atoms with Gasteiger partial charge in [0.2, 0.25) is 5.91 Å². The highest BCUT2D eigenvalue weighted by Gasteiger charge is 2.29. The summed E-state index contributed by atoms with van der Waals surface area (Å²) in [4.78, 5) is 16.8. The number of nitrogens with zero attached hydrogens (tertiary/aromatic N) is 3. The van der Waals surface area contributed by atoms with Gasteiger partial charge in [-0.15, -0.1) is 0 Å². The maximum atomic E-state index is 13.5. The molecule has 1 aromatic heterocycles. The Balaban J connectivity index is 1.83. The van der Waals surface area contributed by atoms with E-state index in [-0.39, 0.29) is 11.4 Å². The van der Waals surface area contributed by atoms with Gasteiger partial charge < -0.3 is 14.6 Å². The van der Waals surface area contributed by atoms with Crippen molar-refractivity contribution in [1.29, 1.82) is 0 Å². The number of ether oxygens (including phenoxy) is 1. The zero-order valence-electron chi connectivity index (χ0n) is 18.5. The molecule has 2 aromatic carbocycles. The average molecular weight is 457 g/mol. The fourth-order valence-electron chi connectivity index (χ4n) is 3.23. The van der Waals surface area contributed by atoms with Crippen molar-refractivity contribution in [2.24, 2.45) is 0 Å². The van der Waals surface area contributed by atoms with Crippen LogP contribution in [0.3, 0.4) is 0 Å². The molecule has 32 heavy (non-hydrogen) atoms. The fourth-order valence-corrected chi connectivity index (χ4v) is 4.65. The van der Waals surface area contributed by atoms with E-state index in [0.29, 0.717) is 30.9 Å². The monoisotopic (exact) mass is 456 g/mol. The third-order valence-electron chi connectivity index (χ3n) is 4.97. The van der Waals surface area contributed by atoms with E-state index in [9.17, 15) is 13.2 Å². The number of methoxy groups -OCH3 is 1. The van der Waals surface area contributed by atoms with Gasteiger partial charge in [-0.25, -0.2) is 13.4 Å². The van der Waals surface area contributed by atoms with Crippen molar-refractivity contribution in [3.63, 3.8) is 0 Å². The van der Waals surface area contributed by atoms with Crippen molar-refractivity contribution in [3.05, 3.63) is 72.3 Å². The first-order chi connectivity index (χ1) is 15.3. The summed E-state index contributed by atoms with van der Waals surface area (Å²) in [7, 11) is -2.53. The molecule has 1 heterocycles. The van der Waals surface area contributed by atoms with E-state index < -0.39 is 15.9 Å². The molecule has 0 unspecified atom stereocenters. The Labute approximate surface area is 188 Å². The van der Waals surface area contributed by atoms with Gasteiger partial charge in [0.25, 0.3) is 10.0 Å². The van der Waals surface area contributed by atoms with Gasteiger partial charge in [0.05, 0.1) is 24.0 Å². The van der Waals surface area contributed by atoms with Crippen LogP contribution in [0.2, 0.25) is 0 Å². The number of sulfonamides is 1. The van der Waals surface area contributed by atoms with Gasteiger partial charge in [-0.3, -0.25) is 9.10 Å². The summed E-state index contributed by atoms with van der Waals surface area (Å²) in [6, 6.07) is 11.8. The van der Waals surface area contributed by atoms with Crippen LogP contribution in [-0.4, -0.2) is 44.1 Å². The molecular weight excluding hydrogens is 428 g/mol. The van der Waals surface area contributed by atoms with Crippen LogP contribution in [0.25, 0.3) is 0 Å². The molecule has 0 saturated carbocycles. The zero-order chi connectivity index (χ0) is 23.1. The molecule has 0 saturated heterocycles. The van der Waals surface area contributed by atoms with Gasteiger partial charge in [-0.2, -0.15) is 0 Å². The minimum Gasteiger partial charge on any atom is -0.495 e. The van der Waals surface area contributed by atoms with Gasteiger partial charge >= 0.3 is 0 Å². The first kappa shape index (κ1) is 23.3. The van der Waals surface area contributed by atoms with E-state index >= 15 is 0 Å². The van der Waals surface area contributed by atoms with Gasteiger partial charge in [0, 0.05) is 25.5 Å². The quantitative estimate of drug-likeness (QED) is 0.474. The first-order valence-corrected chi connectivity index (χ1v) is 11.7. The normalized spacial score (nSPS) is 11.2. The topological polar surface area (TPSA) is 93.5 Å². The fraction of sp³-hybridized carbons (Fsp3) is 0.304. The van der Waals surface area contributed by atoms with Crippen LogP contribution >= 0.6 is 0 Å². The van der Waals surface area contributed by atoms with Gasteiger partial charge in [-0.1, -0.05) is 23.8 Å². The Morgan fingerprint density at radius 1 is 1.12 bits per heavy atom. The molecule has 0 aliphatic heterocycles. The third kappa shape index (κ3) is 5.67. The lowest BCUT2D eigenvalue weighted by Crippen LogP contribution is -2.41. The second kappa shape index (κ2) is 10.3. The van der Waals surface area contributed by atoms with Crippen LogP contribution in [0.15, 0.2) is 66.1 Å². The van der Waals surface area contributed by atoms with Crippen molar-refractivity contribution >= 4 is 21.6 Å². The molecule has 9 heteroatoms. The summed E-state index contributed by atoms with van der Waals surface area (Å²) in [6.07, 6.45) is 5.95. The second-order valence-electron chi connectivity index (χ2n) is 7.50. The van der Waals surface area contributed by atoms with E-state index in [2.05, 4.69) is 10.3 Å². The molecule has 8 nitrogen and oxygen atoms in total. The Bertz CT molecular complexity index is 1140. The van der Waals surface area contributed by atoms with E-state index in [4.69, 9.17) is 4.74 Å². The SMILES string of the molecule is COc1ccc(C)cc1N(CC(=O)NCCCn1ccnc1)S(=O)(=O)c1ccc(C)cc1. The van der Waals surface area contributed by atoms with Crippen LogP contribution in [0, 0.1) is 13.8 Å². The summed E-state index contributed by atoms with van der Waals surface area (Å²) in [5.41, 5.74) is 2.12. The van der Waals surface area contributed by atoms with Crippen LogP contribution in [0.1, 0.15) is 17.5 Å².